The Labute approximate surface area is 155 Å². The maximum Gasteiger partial charge on any atom is 0.242 e. The SMILES string of the molecule is CC(C)CCC(=O)N[C@H](Cc1ccccc1)C(=O)NCCCCC(N)=O. The van der Waals surface area contributed by atoms with Crippen molar-refractivity contribution in [1.29, 1.82) is 0 Å². The number of unbranched alkanes of at least 4 members (excludes halogenated alkanes) is 1. The second kappa shape index (κ2) is 12.1. The zero-order valence-electron chi connectivity index (χ0n) is 15.8. The Morgan fingerprint density at radius 3 is 2.35 bits per heavy atom. The summed E-state index contributed by atoms with van der Waals surface area (Å²) in [6.45, 7) is 4.58. The van der Waals surface area contributed by atoms with Crippen LogP contribution in [-0.4, -0.2) is 30.3 Å². The molecule has 0 aliphatic heterocycles. The van der Waals surface area contributed by atoms with Crippen molar-refractivity contribution < 1.29 is 14.4 Å². The molecular weight excluding hydrogens is 330 g/mol. The van der Waals surface area contributed by atoms with E-state index in [0.717, 1.165) is 12.0 Å². The van der Waals surface area contributed by atoms with Gasteiger partial charge in [-0.1, -0.05) is 44.2 Å². The highest BCUT2D eigenvalue weighted by molar-refractivity contribution is 5.87. The van der Waals surface area contributed by atoms with E-state index in [1.54, 1.807) is 0 Å². The topological polar surface area (TPSA) is 101 Å². The third-order valence-electron chi connectivity index (χ3n) is 4.03. The molecule has 144 valence electrons. The molecule has 0 spiro atoms. The average Bonchev–Trinajstić information content (AvgIpc) is 2.59. The number of rotatable bonds is 12. The molecule has 6 heteroatoms. The van der Waals surface area contributed by atoms with Crippen LogP contribution in [0.3, 0.4) is 0 Å². The highest BCUT2D eigenvalue weighted by Gasteiger charge is 2.21. The van der Waals surface area contributed by atoms with Crippen molar-refractivity contribution in [2.75, 3.05) is 6.54 Å². The van der Waals surface area contributed by atoms with Crippen LogP contribution in [0.15, 0.2) is 30.3 Å². The van der Waals surface area contributed by atoms with Gasteiger partial charge < -0.3 is 16.4 Å². The van der Waals surface area contributed by atoms with E-state index in [0.29, 0.717) is 44.6 Å². The summed E-state index contributed by atoms with van der Waals surface area (Å²) in [4.78, 5) is 35.4. The lowest BCUT2D eigenvalue weighted by atomic mass is 10.0. The summed E-state index contributed by atoms with van der Waals surface area (Å²) >= 11 is 0. The molecule has 1 rings (SSSR count). The molecular formula is C20H31N3O3. The average molecular weight is 361 g/mol. The first-order valence-corrected chi connectivity index (χ1v) is 9.27. The standard InChI is InChI=1S/C20H31N3O3/c1-15(2)11-12-19(25)23-17(14-16-8-4-3-5-9-16)20(26)22-13-7-6-10-18(21)24/h3-5,8-9,15,17H,6-7,10-14H2,1-2H3,(H2,21,24)(H,22,26)(H,23,25)/t17-/m1/s1. The Morgan fingerprint density at radius 1 is 1.04 bits per heavy atom. The second-order valence-corrected chi connectivity index (χ2v) is 6.96. The molecule has 26 heavy (non-hydrogen) atoms. The van der Waals surface area contributed by atoms with E-state index in [4.69, 9.17) is 5.73 Å². The summed E-state index contributed by atoms with van der Waals surface area (Å²) in [5, 5.41) is 5.70. The van der Waals surface area contributed by atoms with Gasteiger partial charge in [0.05, 0.1) is 0 Å². The summed E-state index contributed by atoms with van der Waals surface area (Å²) in [7, 11) is 0. The minimum absolute atomic E-state index is 0.108. The van der Waals surface area contributed by atoms with Crippen molar-refractivity contribution in [3.63, 3.8) is 0 Å². The van der Waals surface area contributed by atoms with Gasteiger partial charge in [0.2, 0.25) is 17.7 Å². The van der Waals surface area contributed by atoms with Gasteiger partial charge in [-0.15, -0.1) is 0 Å². The third-order valence-corrected chi connectivity index (χ3v) is 4.03. The second-order valence-electron chi connectivity index (χ2n) is 6.96. The number of benzene rings is 1. The first-order valence-electron chi connectivity index (χ1n) is 9.27. The summed E-state index contributed by atoms with van der Waals surface area (Å²) in [6.07, 6.45) is 3.28. The Hall–Kier alpha value is -2.37. The summed E-state index contributed by atoms with van der Waals surface area (Å²) < 4.78 is 0. The molecule has 0 heterocycles. The van der Waals surface area contributed by atoms with E-state index >= 15 is 0 Å². The molecule has 4 N–H and O–H groups in total. The zero-order valence-corrected chi connectivity index (χ0v) is 15.8. The van der Waals surface area contributed by atoms with Crippen LogP contribution in [0.5, 0.6) is 0 Å². The predicted octanol–water partition coefficient (Wildman–Crippen LogP) is 1.92. The third kappa shape index (κ3) is 9.81. The van der Waals surface area contributed by atoms with Crippen LogP contribution < -0.4 is 16.4 Å². The van der Waals surface area contributed by atoms with Crippen LogP contribution in [0, 0.1) is 5.92 Å². The fraction of sp³-hybridized carbons (Fsp3) is 0.550. The van der Waals surface area contributed by atoms with E-state index in [-0.39, 0.29) is 17.7 Å². The maximum atomic E-state index is 12.5. The van der Waals surface area contributed by atoms with Crippen LogP contribution >= 0.6 is 0 Å². The highest BCUT2D eigenvalue weighted by Crippen LogP contribution is 2.07. The van der Waals surface area contributed by atoms with Crippen molar-refractivity contribution in [2.24, 2.45) is 11.7 Å². The molecule has 0 unspecified atom stereocenters. The van der Waals surface area contributed by atoms with Gasteiger partial charge in [0, 0.05) is 25.8 Å². The quantitative estimate of drug-likeness (QED) is 0.496. The molecule has 0 fully saturated rings. The van der Waals surface area contributed by atoms with Gasteiger partial charge in [-0.05, 0) is 30.7 Å². The summed E-state index contributed by atoms with van der Waals surface area (Å²) in [6, 6.07) is 9.01. The van der Waals surface area contributed by atoms with Gasteiger partial charge in [-0.25, -0.2) is 0 Å². The Morgan fingerprint density at radius 2 is 1.73 bits per heavy atom. The molecule has 1 atom stereocenters. The van der Waals surface area contributed by atoms with E-state index in [1.165, 1.54) is 0 Å². The smallest absolute Gasteiger partial charge is 0.242 e. The van der Waals surface area contributed by atoms with Gasteiger partial charge in [-0.3, -0.25) is 14.4 Å². The predicted molar refractivity (Wildman–Crippen MR) is 102 cm³/mol. The van der Waals surface area contributed by atoms with Gasteiger partial charge in [-0.2, -0.15) is 0 Å². The lowest BCUT2D eigenvalue weighted by Gasteiger charge is -2.19. The molecule has 0 aromatic heterocycles. The lowest BCUT2D eigenvalue weighted by molar-refractivity contribution is -0.129. The van der Waals surface area contributed by atoms with Gasteiger partial charge in [0.1, 0.15) is 6.04 Å². The lowest BCUT2D eigenvalue weighted by Crippen LogP contribution is -2.48. The molecule has 1 aromatic rings. The highest BCUT2D eigenvalue weighted by atomic mass is 16.2. The van der Waals surface area contributed by atoms with Crippen LogP contribution in [0.2, 0.25) is 0 Å². The van der Waals surface area contributed by atoms with Gasteiger partial charge in [0.15, 0.2) is 0 Å². The Balaban J connectivity index is 2.56. The molecule has 0 aliphatic rings. The molecule has 6 nitrogen and oxygen atoms in total. The molecule has 0 aliphatic carbocycles. The number of carbonyl (C=O) groups excluding carboxylic acids is 3. The summed E-state index contributed by atoms with van der Waals surface area (Å²) in [5.41, 5.74) is 6.09. The first kappa shape index (κ1) is 21.7. The van der Waals surface area contributed by atoms with Gasteiger partial charge >= 0.3 is 0 Å². The van der Waals surface area contributed by atoms with E-state index in [9.17, 15) is 14.4 Å². The molecule has 3 amide bonds. The first-order chi connectivity index (χ1) is 12.4. The number of nitrogens with two attached hydrogens (primary N) is 1. The zero-order chi connectivity index (χ0) is 19.4. The fourth-order valence-corrected chi connectivity index (χ4v) is 2.50. The number of primary amides is 1. The van der Waals surface area contributed by atoms with Crippen LogP contribution in [-0.2, 0) is 20.8 Å². The van der Waals surface area contributed by atoms with Crippen LogP contribution in [0.1, 0.15) is 51.5 Å². The van der Waals surface area contributed by atoms with Crippen molar-refractivity contribution in [3.05, 3.63) is 35.9 Å². The molecule has 0 saturated carbocycles. The van der Waals surface area contributed by atoms with Crippen molar-refractivity contribution in [1.82, 2.24) is 10.6 Å². The van der Waals surface area contributed by atoms with Crippen molar-refractivity contribution >= 4 is 17.7 Å². The largest absolute Gasteiger partial charge is 0.370 e. The Kier molecular flexibility index (Phi) is 10.1. The van der Waals surface area contributed by atoms with E-state index in [1.807, 2.05) is 30.3 Å². The number of amides is 3. The molecule has 0 bridgehead atoms. The van der Waals surface area contributed by atoms with Crippen LogP contribution in [0.4, 0.5) is 0 Å². The molecule has 0 radical (unpaired) electrons. The van der Waals surface area contributed by atoms with Crippen LogP contribution in [0.25, 0.3) is 0 Å². The number of nitrogens with one attached hydrogen (secondary N) is 2. The van der Waals surface area contributed by atoms with E-state index < -0.39 is 6.04 Å². The monoisotopic (exact) mass is 361 g/mol. The molecule has 0 saturated heterocycles. The normalized spacial score (nSPS) is 11.8. The number of hydrogen-bond acceptors (Lipinski definition) is 3. The molecule has 1 aromatic carbocycles. The van der Waals surface area contributed by atoms with Crippen molar-refractivity contribution in [2.45, 2.75) is 58.4 Å². The number of carbonyl (C=O) groups is 3. The number of hydrogen-bond donors (Lipinski definition) is 3. The van der Waals surface area contributed by atoms with E-state index in [2.05, 4.69) is 24.5 Å². The maximum absolute atomic E-state index is 12.5. The summed E-state index contributed by atoms with van der Waals surface area (Å²) in [5.74, 6) is -0.211. The fourth-order valence-electron chi connectivity index (χ4n) is 2.50. The van der Waals surface area contributed by atoms with Gasteiger partial charge in [0.25, 0.3) is 0 Å². The minimum atomic E-state index is -0.604. The van der Waals surface area contributed by atoms with Crippen molar-refractivity contribution in [3.8, 4) is 0 Å². The minimum Gasteiger partial charge on any atom is -0.370 e. The Bertz CT molecular complexity index is 573.